The molecule has 0 bridgehead atoms. The Balaban J connectivity index is 1.26. The molecule has 1 aliphatic heterocycles. The van der Waals surface area contributed by atoms with Crippen molar-refractivity contribution in [2.24, 2.45) is 5.92 Å². The van der Waals surface area contributed by atoms with Gasteiger partial charge in [0.2, 0.25) is 5.91 Å². The Hall–Kier alpha value is -3.72. The number of carbonyl (C=O) groups is 4. The van der Waals surface area contributed by atoms with Gasteiger partial charge in [-0.25, -0.2) is 4.79 Å². The maximum atomic E-state index is 12.4. The second-order valence-corrected chi connectivity index (χ2v) is 8.62. The third-order valence-electron chi connectivity index (χ3n) is 5.29. The molecule has 1 amide bonds. The van der Waals surface area contributed by atoms with Gasteiger partial charge in [0.1, 0.15) is 11.5 Å². The number of Topliss-reactive ketones (excluding diaryl/α,β-unsaturated/α-hetero) is 1. The van der Waals surface area contributed by atoms with E-state index in [1.165, 1.54) is 35.4 Å². The van der Waals surface area contributed by atoms with E-state index in [0.717, 1.165) is 4.47 Å². The number of benzene rings is 2. The van der Waals surface area contributed by atoms with Gasteiger partial charge in [-0.15, -0.1) is 0 Å². The van der Waals surface area contributed by atoms with Gasteiger partial charge in [0.05, 0.1) is 24.3 Å². The summed E-state index contributed by atoms with van der Waals surface area (Å²) in [6.45, 7) is 0.0536. The normalized spacial score (nSPS) is 15.3. The molecule has 2 heterocycles. The third-order valence-corrected chi connectivity index (χ3v) is 5.82. The summed E-state index contributed by atoms with van der Waals surface area (Å²) in [6.07, 6.45) is 1.55. The first-order valence-corrected chi connectivity index (χ1v) is 11.3. The molecular formula is C25H20BrNO7. The molecule has 0 aliphatic carbocycles. The van der Waals surface area contributed by atoms with Gasteiger partial charge in [0.15, 0.2) is 12.4 Å². The lowest BCUT2D eigenvalue weighted by Gasteiger charge is -2.14. The summed E-state index contributed by atoms with van der Waals surface area (Å²) in [5, 5.41) is 0. The molecule has 2 aromatic carbocycles. The second kappa shape index (κ2) is 10.5. The Morgan fingerprint density at radius 3 is 2.38 bits per heavy atom. The standard InChI is InChI=1S/C25H20BrNO7/c26-19-7-3-17(4-8-19)25(31)34-20-9-5-16(6-10-20)22(28)15-33-24(30)18-12-23(29)27(13-18)14-21-2-1-11-32-21/h1-11,18H,12-15H2. The molecule has 1 fully saturated rings. The second-order valence-electron chi connectivity index (χ2n) is 7.71. The van der Waals surface area contributed by atoms with Crippen molar-refractivity contribution in [1.29, 1.82) is 0 Å². The van der Waals surface area contributed by atoms with Crippen molar-refractivity contribution < 1.29 is 33.1 Å². The highest BCUT2D eigenvalue weighted by molar-refractivity contribution is 9.10. The molecule has 1 atom stereocenters. The summed E-state index contributed by atoms with van der Waals surface area (Å²) in [5.74, 6) is -1.41. The molecule has 0 saturated carbocycles. The maximum Gasteiger partial charge on any atom is 0.343 e. The van der Waals surface area contributed by atoms with Crippen molar-refractivity contribution in [2.75, 3.05) is 13.2 Å². The van der Waals surface area contributed by atoms with Crippen LogP contribution in [0.1, 0.15) is 32.9 Å². The first kappa shape index (κ1) is 23.4. The van der Waals surface area contributed by atoms with Crippen LogP contribution in [0.5, 0.6) is 5.75 Å². The fraction of sp³-hybridized carbons (Fsp3) is 0.200. The summed E-state index contributed by atoms with van der Waals surface area (Å²) in [5.41, 5.74) is 0.696. The number of likely N-dealkylation sites (tertiary alicyclic amines) is 1. The lowest BCUT2D eigenvalue weighted by Crippen LogP contribution is -2.27. The fourth-order valence-corrected chi connectivity index (χ4v) is 3.74. The minimum Gasteiger partial charge on any atom is -0.467 e. The van der Waals surface area contributed by atoms with Gasteiger partial charge in [-0.3, -0.25) is 14.4 Å². The summed E-state index contributed by atoms with van der Waals surface area (Å²) in [7, 11) is 0. The van der Waals surface area contributed by atoms with Crippen molar-refractivity contribution in [2.45, 2.75) is 13.0 Å². The van der Waals surface area contributed by atoms with E-state index in [0.29, 0.717) is 16.9 Å². The number of ether oxygens (including phenoxy) is 2. The van der Waals surface area contributed by atoms with Gasteiger partial charge in [0, 0.05) is 23.0 Å². The van der Waals surface area contributed by atoms with Crippen LogP contribution in [-0.4, -0.2) is 41.7 Å². The lowest BCUT2D eigenvalue weighted by molar-refractivity contribution is -0.147. The van der Waals surface area contributed by atoms with E-state index in [1.54, 1.807) is 36.4 Å². The molecule has 1 saturated heterocycles. The quantitative estimate of drug-likeness (QED) is 0.248. The summed E-state index contributed by atoms with van der Waals surface area (Å²) in [6, 6.07) is 16.2. The van der Waals surface area contributed by atoms with Crippen LogP contribution in [0.2, 0.25) is 0 Å². The zero-order chi connectivity index (χ0) is 24.1. The largest absolute Gasteiger partial charge is 0.467 e. The lowest BCUT2D eigenvalue weighted by atomic mass is 10.1. The van der Waals surface area contributed by atoms with E-state index in [9.17, 15) is 19.2 Å². The average Bonchev–Trinajstić information content (AvgIpc) is 3.48. The number of carbonyl (C=O) groups excluding carboxylic acids is 4. The van der Waals surface area contributed by atoms with E-state index in [2.05, 4.69) is 15.9 Å². The first-order chi connectivity index (χ1) is 16.4. The Labute approximate surface area is 203 Å². The van der Waals surface area contributed by atoms with Crippen molar-refractivity contribution in [3.8, 4) is 5.75 Å². The fourth-order valence-electron chi connectivity index (χ4n) is 3.47. The van der Waals surface area contributed by atoms with Crippen molar-refractivity contribution in [3.05, 3.63) is 88.3 Å². The van der Waals surface area contributed by atoms with Crippen LogP contribution in [0.3, 0.4) is 0 Å². The van der Waals surface area contributed by atoms with E-state index >= 15 is 0 Å². The summed E-state index contributed by atoms with van der Waals surface area (Å²) >= 11 is 3.30. The van der Waals surface area contributed by atoms with E-state index in [-0.39, 0.29) is 31.2 Å². The Kier molecular flexibility index (Phi) is 7.22. The summed E-state index contributed by atoms with van der Waals surface area (Å²) in [4.78, 5) is 50.7. The van der Waals surface area contributed by atoms with Gasteiger partial charge in [-0.1, -0.05) is 15.9 Å². The van der Waals surface area contributed by atoms with Gasteiger partial charge >= 0.3 is 11.9 Å². The molecule has 8 nitrogen and oxygen atoms in total. The molecule has 174 valence electrons. The maximum absolute atomic E-state index is 12.4. The number of hydrogen-bond donors (Lipinski definition) is 0. The van der Waals surface area contributed by atoms with Crippen LogP contribution in [0, 0.1) is 5.92 Å². The van der Waals surface area contributed by atoms with Crippen LogP contribution in [0.4, 0.5) is 0 Å². The SMILES string of the molecule is O=C(COC(=O)C1CC(=O)N(Cc2ccco2)C1)c1ccc(OC(=O)c2ccc(Br)cc2)cc1. The van der Waals surface area contributed by atoms with Crippen LogP contribution >= 0.6 is 15.9 Å². The van der Waals surface area contributed by atoms with E-state index < -0.39 is 30.2 Å². The molecule has 9 heteroatoms. The van der Waals surface area contributed by atoms with Gasteiger partial charge in [-0.2, -0.15) is 0 Å². The van der Waals surface area contributed by atoms with Crippen LogP contribution in [0.25, 0.3) is 0 Å². The number of ketones is 1. The number of amides is 1. The predicted molar refractivity (Wildman–Crippen MR) is 123 cm³/mol. The highest BCUT2D eigenvalue weighted by Crippen LogP contribution is 2.22. The number of halogens is 1. The first-order valence-electron chi connectivity index (χ1n) is 10.5. The zero-order valence-corrected chi connectivity index (χ0v) is 19.5. The minimum atomic E-state index is -0.629. The number of rotatable bonds is 8. The number of furan rings is 1. The molecule has 34 heavy (non-hydrogen) atoms. The predicted octanol–water partition coefficient (Wildman–Crippen LogP) is 4.04. The van der Waals surface area contributed by atoms with E-state index in [1.807, 2.05) is 0 Å². The zero-order valence-electron chi connectivity index (χ0n) is 17.9. The minimum absolute atomic E-state index is 0.0339. The van der Waals surface area contributed by atoms with Gasteiger partial charge < -0.3 is 18.8 Å². The monoisotopic (exact) mass is 525 g/mol. The molecular weight excluding hydrogens is 506 g/mol. The average molecular weight is 526 g/mol. The van der Waals surface area contributed by atoms with Crippen LogP contribution in [0.15, 0.2) is 75.8 Å². The van der Waals surface area contributed by atoms with Crippen molar-refractivity contribution >= 4 is 39.6 Å². The number of hydrogen-bond acceptors (Lipinski definition) is 7. The molecule has 3 aromatic rings. The highest BCUT2D eigenvalue weighted by atomic mass is 79.9. The Morgan fingerprint density at radius 2 is 1.71 bits per heavy atom. The topological polar surface area (TPSA) is 103 Å². The van der Waals surface area contributed by atoms with Crippen molar-refractivity contribution in [1.82, 2.24) is 4.90 Å². The molecule has 1 aromatic heterocycles. The van der Waals surface area contributed by atoms with Gasteiger partial charge in [-0.05, 0) is 60.7 Å². The molecule has 1 unspecified atom stereocenters. The third kappa shape index (κ3) is 5.79. The summed E-state index contributed by atoms with van der Waals surface area (Å²) < 4.78 is 16.5. The molecule has 1 aliphatic rings. The van der Waals surface area contributed by atoms with Gasteiger partial charge in [0.25, 0.3) is 0 Å². The van der Waals surface area contributed by atoms with Crippen molar-refractivity contribution in [3.63, 3.8) is 0 Å². The molecule has 0 N–H and O–H groups in total. The number of nitrogens with zero attached hydrogens (tertiary/aromatic N) is 1. The Bertz CT molecular complexity index is 1190. The Morgan fingerprint density at radius 1 is 1.00 bits per heavy atom. The number of esters is 2. The van der Waals surface area contributed by atoms with E-state index in [4.69, 9.17) is 13.9 Å². The van der Waals surface area contributed by atoms with Crippen LogP contribution in [-0.2, 0) is 20.9 Å². The molecule has 0 spiro atoms. The van der Waals surface area contributed by atoms with Crippen LogP contribution < -0.4 is 4.74 Å². The smallest absolute Gasteiger partial charge is 0.343 e. The molecule has 0 radical (unpaired) electrons. The molecule has 4 rings (SSSR count). The highest BCUT2D eigenvalue weighted by Gasteiger charge is 2.36.